The van der Waals surface area contributed by atoms with Gasteiger partial charge in [0, 0.05) is 0 Å². The lowest BCUT2D eigenvalue weighted by Crippen LogP contribution is -2.58. The predicted octanol–water partition coefficient (Wildman–Crippen LogP) is 0.963. The highest BCUT2D eigenvalue weighted by molar-refractivity contribution is 6.03. The van der Waals surface area contributed by atoms with Crippen molar-refractivity contribution >= 4 is 11.8 Å². The number of esters is 1. The largest absolute Gasteiger partial charge is 0.489 e. The van der Waals surface area contributed by atoms with Gasteiger partial charge in [-0.1, -0.05) is 52.4 Å². The summed E-state index contributed by atoms with van der Waals surface area (Å²) in [6.45, 7) is 2.44. The van der Waals surface area contributed by atoms with E-state index in [1.807, 2.05) is 6.92 Å². The van der Waals surface area contributed by atoms with Gasteiger partial charge in [-0.25, -0.2) is 4.79 Å². The third-order valence-electron chi connectivity index (χ3n) is 4.96. The molecule has 0 spiro atoms. The molecule has 0 saturated heterocycles. The van der Waals surface area contributed by atoms with Crippen LogP contribution in [0.3, 0.4) is 0 Å². The zero-order chi connectivity index (χ0) is 22.6. The van der Waals surface area contributed by atoms with Crippen molar-refractivity contribution in [2.75, 3.05) is 26.4 Å². The van der Waals surface area contributed by atoms with E-state index in [4.69, 9.17) is 14.2 Å². The van der Waals surface area contributed by atoms with Crippen LogP contribution in [-0.4, -0.2) is 76.4 Å². The van der Waals surface area contributed by atoms with Crippen LogP contribution in [0.2, 0.25) is 0 Å². The molecule has 174 valence electrons. The topological polar surface area (TPSA) is 143 Å². The highest BCUT2D eigenvalue weighted by Gasteiger charge is 2.62. The predicted molar refractivity (Wildman–Crippen MR) is 107 cm³/mol. The fourth-order valence-corrected chi connectivity index (χ4v) is 3.18. The van der Waals surface area contributed by atoms with Crippen LogP contribution in [0.5, 0.6) is 0 Å². The molecule has 1 aliphatic rings. The number of ether oxygens (including phenoxy) is 3. The van der Waals surface area contributed by atoms with Crippen LogP contribution < -0.4 is 0 Å². The Morgan fingerprint density at radius 2 is 1.53 bits per heavy atom. The molecular formula is C21H36O9. The van der Waals surface area contributed by atoms with Gasteiger partial charge in [-0.05, 0) is 12.8 Å². The van der Waals surface area contributed by atoms with Crippen molar-refractivity contribution in [1.82, 2.24) is 0 Å². The molecule has 0 bridgehead atoms. The van der Waals surface area contributed by atoms with Crippen LogP contribution in [0.25, 0.3) is 0 Å². The Morgan fingerprint density at radius 3 is 2.13 bits per heavy atom. The van der Waals surface area contributed by atoms with Crippen LogP contribution in [-0.2, 0) is 23.8 Å². The Morgan fingerprint density at radius 1 is 0.933 bits per heavy atom. The molecule has 0 radical (unpaired) electrons. The van der Waals surface area contributed by atoms with Crippen molar-refractivity contribution in [3.8, 4) is 0 Å². The first kappa shape index (κ1) is 26.4. The van der Waals surface area contributed by atoms with E-state index in [9.17, 15) is 30.0 Å². The number of hydrogen-bond donors (Lipinski definition) is 4. The van der Waals surface area contributed by atoms with Crippen molar-refractivity contribution in [2.45, 2.75) is 83.0 Å². The average Bonchev–Trinajstić information content (AvgIpc) is 3.03. The Labute approximate surface area is 177 Å². The number of ketones is 1. The molecule has 1 aliphatic heterocycles. The molecular weight excluding hydrogens is 396 g/mol. The molecule has 0 saturated carbocycles. The van der Waals surface area contributed by atoms with Crippen LogP contribution in [0.1, 0.15) is 65.2 Å². The summed E-state index contributed by atoms with van der Waals surface area (Å²) in [5.74, 6) is -2.94. The van der Waals surface area contributed by atoms with Crippen LogP contribution in [0.4, 0.5) is 0 Å². The number of unbranched alkanes of at least 4 members (excludes halogenated alkanes) is 6. The van der Waals surface area contributed by atoms with Gasteiger partial charge in [-0.3, -0.25) is 4.79 Å². The second-order valence-electron chi connectivity index (χ2n) is 7.36. The Kier molecular flexibility index (Phi) is 11.9. The maximum Gasteiger partial charge on any atom is 0.378 e. The number of hydrogen-bond acceptors (Lipinski definition) is 9. The van der Waals surface area contributed by atoms with Crippen LogP contribution in [0.15, 0.2) is 11.5 Å². The first-order chi connectivity index (χ1) is 14.4. The Hall–Kier alpha value is -1.68. The molecule has 0 aromatic rings. The fraction of sp³-hybridized carbons (Fsp3) is 0.810. The molecule has 0 fully saturated rings. The van der Waals surface area contributed by atoms with Gasteiger partial charge in [-0.2, -0.15) is 0 Å². The standard InChI is InChI=1S/C21H36O9/c1-3-5-7-8-9-10-12-28-17-19(29-11-6-4-2)21(16(25)14-23,30-20(17)27)18(26)15(24)13-22/h15-16,22-25H,3-14H2,1-2H3/t15?,16-,21-/m0/s1. The van der Waals surface area contributed by atoms with Gasteiger partial charge in [0.05, 0.1) is 26.4 Å². The second-order valence-corrected chi connectivity index (χ2v) is 7.36. The fourth-order valence-electron chi connectivity index (χ4n) is 3.18. The van der Waals surface area contributed by atoms with Gasteiger partial charge < -0.3 is 34.6 Å². The van der Waals surface area contributed by atoms with E-state index in [2.05, 4.69) is 6.92 Å². The molecule has 1 unspecified atom stereocenters. The van der Waals surface area contributed by atoms with Gasteiger partial charge in [0.2, 0.25) is 17.3 Å². The lowest BCUT2D eigenvalue weighted by molar-refractivity contribution is -0.179. The SMILES string of the molecule is CCCCCCCCOC1=C(OCCCC)[C@@](C(=O)C(O)CO)([C@@H](O)CO)OC1=O. The molecule has 9 heteroatoms. The summed E-state index contributed by atoms with van der Waals surface area (Å²) in [4.78, 5) is 25.3. The highest BCUT2D eigenvalue weighted by atomic mass is 16.6. The molecule has 0 aromatic carbocycles. The molecule has 3 atom stereocenters. The number of carbonyl (C=O) groups excluding carboxylic acids is 2. The Bertz CT molecular complexity index is 575. The first-order valence-electron chi connectivity index (χ1n) is 10.8. The molecule has 0 aromatic heterocycles. The number of Topliss-reactive ketones (excluding diaryl/α,β-unsaturated/α-hetero) is 1. The number of aliphatic hydroxyl groups excluding tert-OH is 4. The van der Waals surface area contributed by atoms with Crippen LogP contribution >= 0.6 is 0 Å². The quantitative estimate of drug-likeness (QED) is 0.195. The minimum atomic E-state index is -2.47. The van der Waals surface area contributed by atoms with E-state index in [0.717, 1.165) is 38.5 Å². The maximum absolute atomic E-state index is 12.8. The maximum atomic E-state index is 12.8. The van der Waals surface area contributed by atoms with Crippen molar-refractivity contribution in [2.24, 2.45) is 0 Å². The van der Waals surface area contributed by atoms with E-state index in [0.29, 0.717) is 12.8 Å². The summed E-state index contributed by atoms with van der Waals surface area (Å²) in [5, 5.41) is 38.9. The van der Waals surface area contributed by atoms with E-state index in [1.165, 1.54) is 0 Å². The second kappa shape index (κ2) is 13.6. The first-order valence-corrected chi connectivity index (χ1v) is 10.8. The van der Waals surface area contributed by atoms with Gasteiger partial charge >= 0.3 is 5.97 Å². The Balaban J connectivity index is 3.10. The van der Waals surface area contributed by atoms with E-state index >= 15 is 0 Å². The summed E-state index contributed by atoms with van der Waals surface area (Å²) in [6, 6.07) is 0. The molecule has 9 nitrogen and oxygen atoms in total. The molecule has 30 heavy (non-hydrogen) atoms. The van der Waals surface area contributed by atoms with E-state index in [1.54, 1.807) is 0 Å². The van der Waals surface area contributed by atoms with E-state index in [-0.39, 0.29) is 24.7 Å². The number of rotatable bonds is 17. The van der Waals surface area contributed by atoms with E-state index < -0.39 is 42.8 Å². The minimum Gasteiger partial charge on any atom is -0.489 e. The molecule has 1 rings (SSSR count). The summed E-state index contributed by atoms with van der Waals surface area (Å²) in [7, 11) is 0. The van der Waals surface area contributed by atoms with Crippen LogP contribution in [0, 0.1) is 0 Å². The third kappa shape index (κ3) is 6.41. The van der Waals surface area contributed by atoms with Gasteiger partial charge in [-0.15, -0.1) is 0 Å². The van der Waals surface area contributed by atoms with Crippen molar-refractivity contribution in [3.63, 3.8) is 0 Å². The molecule has 0 aliphatic carbocycles. The summed E-state index contributed by atoms with van der Waals surface area (Å²) in [5.41, 5.74) is -2.47. The third-order valence-corrected chi connectivity index (χ3v) is 4.96. The van der Waals surface area contributed by atoms with Gasteiger partial charge in [0.25, 0.3) is 5.60 Å². The van der Waals surface area contributed by atoms with Crippen molar-refractivity contribution in [1.29, 1.82) is 0 Å². The smallest absolute Gasteiger partial charge is 0.378 e. The van der Waals surface area contributed by atoms with Crippen molar-refractivity contribution < 1.29 is 44.2 Å². The lowest BCUT2D eigenvalue weighted by atomic mass is 9.87. The normalized spacial score (nSPS) is 20.8. The summed E-state index contributed by atoms with van der Waals surface area (Å²) in [6.07, 6.45) is 3.53. The van der Waals surface area contributed by atoms with Gasteiger partial charge in [0.1, 0.15) is 12.2 Å². The zero-order valence-electron chi connectivity index (χ0n) is 18.0. The monoisotopic (exact) mass is 432 g/mol. The molecule has 4 N–H and O–H groups in total. The molecule has 1 heterocycles. The average molecular weight is 433 g/mol. The summed E-state index contributed by atoms with van der Waals surface area (Å²) < 4.78 is 16.3. The zero-order valence-corrected chi connectivity index (χ0v) is 18.0. The number of aliphatic hydroxyl groups is 4. The minimum absolute atomic E-state index is 0.106. The lowest BCUT2D eigenvalue weighted by Gasteiger charge is -2.33. The number of cyclic esters (lactones) is 1. The molecule has 0 amide bonds. The number of carbonyl (C=O) groups is 2. The summed E-state index contributed by atoms with van der Waals surface area (Å²) >= 11 is 0. The van der Waals surface area contributed by atoms with Crippen molar-refractivity contribution in [3.05, 3.63) is 11.5 Å². The highest BCUT2D eigenvalue weighted by Crippen LogP contribution is 2.39. The van der Waals surface area contributed by atoms with Gasteiger partial charge in [0.15, 0.2) is 0 Å².